The van der Waals surface area contributed by atoms with E-state index in [4.69, 9.17) is 9.72 Å². The number of anilines is 1. The van der Waals surface area contributed by atoms with Crippen molar-refractivity contribution in [2.45, 2.75) is 63.3 Å². The van der Waals surface area contributed by atoms with Crippen LogP contribution in [-0.2, 0) is 6.42 Å². The van der Waals surface area contributed by atoms with Gasteiger partial charge in [-0.2, -0.15) is 9.97 Å². The molecule has 0 amide bonds. The van der Waals surface area contributed by atoms with E-state index in [0.29, 0.717) is 60.0 Å². The van der Waals surface area contributed by atoms with Crippen molar-refractivity contribution in [2.75, 3.05) is 37.7 Å². The van der Waals surface area contributed by atoms with Gasteiger partial charge in [-0.05, 0) is 73.2 Å². The highest BCUT2D eigenvalue weighted by Gasteiger charge is 2.55. The van der Waals surface area contributed by atoms with Crippen LogP contribution in [0.25, 0.3) is 32.9 Å². The second-order valence-electron chi connectivity index (χ2n) is 13.1. The normalized spacial score (nSPS) is 25.9. The van der Waals surface area contributed by atoms with Gasteiger partial charge in [-0.1, -0.05) is 13.0 Å². The number of halogens is 3. The summed E-state index contributed by atoms with van der Waals surface area (Å²) in [5, 5.41) is 22.4. The molecule has 0 radical (unpaired) electrons. The molecular formula is C33H34F3N5O3. The fourth-order valence-corrected chi connectivity index (χ4v) is 8.11. The molecule has 3 aliphatic heterocycles. The number of aliphatic hydroxyl groups excluding tert-OH is 1. The largest absolute Gasteiger partial charge is 0.508 e. The van der Waals surface area contributed by atoms with Crippen LogP contribution in [-0.4, -0.2) is 80.7 Å². The van der Waals surface area contributed by atoms with Crippen LogP contribution in [0, 0.1) is 17.0 Å². The fourth-order valence-electron chi connectivity index (χ4n) is 8.11. The number of aromatic nitrogens is 3. The summed E-state index contributed by atoms with van der Waals surface area (Å²) >= 11 is 0. The summed E-state index contributed by atoms with van der Waals surface area (Å²) in [5.74, 6) is -0.785. The zero-order valence-corrected chi connectivity index (χ0v) is 24.5. The van der Waals surface area contributed by atoms with Crippen LogP contribution in [0.4, 0.5) is 19.0 Å². The Bertz CT molecular complexity index is 1820. The predicted molar refractivity (Wildman–Crippen MR) is 160 cm³/mol. The minimum atomic E-state index is -0.917. The third-order valence-corrected chi connectivity index (χ3v) is 10.6. The van der Waals surface area contributed by atoms with Gasteiger partial charge in [-0.15, -0.1) is 0 Å². The molecule has 1 aliphatic carbocycles. The molecule has 1 unspecified atom stereocenters. The number of aromatic hydroxyl groups is 1. The van der Waals surface area contributed by atoms with Crippen molar-refractivity contribution in [1.82, 2.24) is 19.9 Å². The molecular weight excluding hydrogens is 571 g/mol. The van der Waals surface area contributed by atoms with E-state index in [9.17, 15) is 19.0 Å². The van der Waals surface area contributed by atoms with E-state index in [1.807, 2.05) is 11.8 Å². The molecule has 2 aromatic heterocycles. The average Bonchev–Trinajstić information content (AvgIpc) is 3.50. The van der Waals surface area contributed by atoms with Crippen molar-refractivity contribution in [2.24, 2.45) is 5.41 Å². The molecule has 2 aromatic carbocycles. The second kappa shape index (κ2) is 9.90. The first-order chi connectivity index (χ1) is 21.2. The molecule has 230 valence electrons. The first-order valence-corrected chi connectivity index (χ1v) is 15.5. The summed E-state index contributed by atoms with van der Waals surface area (Å²) in [6.45, 7) is 4.35. The number of phenols is 1. The fraction of sp³-hybridized carbons (Fsp3) is 0.485. The molecule has 1 saturated carbocycles. The molecule has 4 fully saturated rings. The molecule has 3 saturated heterocycles. The van der Waals surface area contributed by atoms with Gasteiger partial charge in [-0.3, -0.25) is 9.88 Å². The molecule has 11 heteroatoms. The van der Waals surface area contributed by atoms with Gasteiger partial charge in [0.15, 0.2) is 5.82 Å². The molecule has 0 bridgehead atoms. The SMILES string of the molecule is CCc1c(F)ccc2cc(O)cc(-c3ncc4c(N5CC6(CCC6O)C5)nc(OC[C@@]56CCCN5C[C@H](F)C6)nc4c3F)c12. The first-order valence-electron chi connectivity index (χ1n) is 15.5. The van der Waals surface area contributed by atoms with Crippen LogP contribution < -0.4 is 9.64 Å². The van der Waals surface area contributed by atoms with E-state index in [-0.39, 0.29) is 46.7 Å². The van der Waals surface area contributed by atoms with Gasteiger partial charge in [0, 0.05) is 43.2 Å². The van der Waals surface area contributed by atoms with Crippen molar-refractivity contribution < 1.29 is 28.1 Å². The van der Waals surface area contributed by atoms with E-state index in [2.05, 4.69) is 14.9 Å². The highest BCUT2D eigenvalue weighted by Crippen LogP contribution is 2.50. The number of nitrogens with zero attached hydrogens (tertiary/aromatic N) is 5. The van der Waals surface area contributed by atoms with E-state index in [1.54, 1.807) is 6.07 Å². The van der Waals surface area contributed by atoms with Gasteiger partial charge >= 0.3 is 6.01 Å². The van der Waals surface area contributed by atoms with Crippen LogP contribution in [0.1, 0.15) is 44.6 Å². The summed E-state index contributed by atoms with van der Waals surface area (Å²) in [4.78, 5) is 17.9. The lowest BCUT2D eigenvalue weighted by atomic mass is 9.61. The summed E-state index contributed by atoms with van der Waals surface area (Å²) in [6.07, 6.45) is 4.40. The van der Waals surface area contributed by atoms with Crippen LogP contribution in [0.15, 0.2) is 30.5 Å². The zero-order valence-electron chi connectivity index (χ0n) is 24.5. The minimum absolute atomic E-state index is 0.00776. The van der Waals surface area contributed by atoms with Gasteiger partial charge < -0.3 is 19.8 Å². The van der Waals surface area contributed by atoms with Gasteiger partial charge in [0.2, 0.25) is 0 Å². The monoisotopic (exact) mass is 605 g/mol. The number of hydrogen-bond donors (Lipinski definition) is 2. The van der Waals surface area contributed by atoms with Crippen LogP contribution in [0.3, 0.4) is 0 Å². The highest BCUT2D eigenvalue weighted by molar-refractivity contribution is 6.01. The maximum atomic E-state index is 16.7. The topological polar surface area (TPSA) is 94.8 Å². The van der Waals surface area contributed by atoms with Gasteiger partial charge in [0.25, 0.3) is 0 Å². The molecule has 2 N–H and O–H groups in total. The van der Waals surface area contributed by atoms with Crippen LogP contribution >= 0.6 is 0 Å². The number of alkyl halides is 1. The van der Waals surface area contributed by atoms with Gasteiger partial charge in [0.05, 0.1) is 17.0 Å². The van der Waals surface area contributed by atoms with Crippen molar-refractivity contribution in [3.05, 3.63) is 47.7 Å². The number of rotatable bonds is 6. The van der Waals surface area contributed by atoms with E-state index in [0.717, 1.165) is 32.2 Å². The van der Waals surface area contributed by atoms with E-state index in [1.165, 1.54) is 24.4 Å². The summed E-state index contributed by atoms with van der Waals surface area (Å²) in [7, 11) is 0. The zero-order chi connectivity index (χ0) is 30.4. The Morgan fingerprint density at radius 3 is 2.73 bits per heavy atom. The first kappa shape index (κ1) is 27.8. The Morgan fingerprint density at radius 2 is 1.98 bits per heavy atom. The smallest absolute Gasteiger partial charge is 0.319 e. The van der Waals surface area contributed by atoms with Crippen molar-refractivity contribution in [3.63, 3.8) is 0 Å². The van der Waals surface area contributed by atoms with Gasteiger partial charge in [-0.25, -0.2) is 13.2 Å². The lowest BCUT2D eigenvalue weighted by Gasteiger charge is -2.59. The Balaban J connectivity index is 1.25. The Labute approximate surface area is 252 Å². The summed E-state index contributed by atoms with van der Waals surface area (Å²) in [6, 6.07) is 5.81. The standard InChI is InChI=1S/C33H34F3N5O3/c1-2-21-24(35)5-4-18-10-20(42)11-22(26(18)21)28-27(36)29-23(13-37-28)30(40-15-32(16-40)8-6-25(32)43)39-31(38-29)44-17-33-7-3-9-41(33)14-19(34)12-33/h4-5,10-11,13,19,25,42-43H,2-3,6-9,12,14-17H2,1H3/t19-,25?,33+/m1/s1. The van der Waals surface area contributed by atoms with Crippen molar-refractivity contribution in [1.29, 1.82) is 0 Å². The van der Waals surface area contributed by atoms with Crippen molar-refractivity contribution in [3.8, 4) is 23.0 Å². The van der Waals surface area contributed by atoms with Crippen molar-refractivity contribution >= 4 is 27.5 Å². The number of hydrogen-bond acceptors (Lipinski definition) is 8. The third kappa shape index (κ3) is 4.08. The molecule has 4 aliphatic rings. The highest BCUT2D eigenvalue weighted by atomic mass is 19.1. The lowest BCUT2D eigenvalue weighted by Crippen LogP contribution is -2.67. The molecule has 44 heavy (non-hydrogen) atoms. The number of aryl methyl sites for hydroxylation is 1. The predicted octanol–water partition coefficient (Wildman–Crippen LogP) is 5.31. The average molecular weight is 606 g/mol. The summed E-state index contributed by atoms with van der Waals surface area (Å²) in [5.41, 5.74) is -0.0301. The Morgan fingerprint density at radius 1 is 1.14 bits per heavy atom. The number of aliphatic hydroxyl groups is 1. The van der Waals surface area contributed by atoms with Crippen LogP contribution in [0.5, 0.6) is 11.8 Å². The second-order valence-corrected chi connectivity index (χ2v) is 13.1. The number of pyridine rings is 1. The number of phenolic OH excluding ortho intramolecular Hbond substituents is 1. The van der Waals surface area contributed by atoms with Crippen LogP contribution in [0.2, 0.25) is 0 Å². The Kier molecular flexibility index (Phi) is 6.26. The molecule has 1 spiro atoms. The quantitative estimate of drug-likeness (QED) is 0.306. The lowest BCUT2D eigenvalue weighted by molar-refractivity contribution is -0.0824. The van der Waals surface area contributed by atoms with E-state index < -0.39 is 23.3 Å². The maximum Gasteiger partial charge on any atom is 0.319 e. The van der Waals surface area contributed by atoms with E-state index >= 15 is 4.39 Å². The maximum absolute atomic E-state index is 16.7. The molecule has 8 nitrogen and oxygen atoms in total. The summed E-state index contributed by atoms with van der Waals surface area (Å²) < 4.78 is 52.2. The Hall–Kier alpha value is -3.70. The number of fused-ring (bicyclic) bond motifs is 3. The number of benzene rings is 2. The van der Waals surface area contributed by atoms with Gasteiger partial charge in [0.1, 0.15) is 41.4 Å². The molecule has 4 aromatic rings. The minimum Gasteiger partial charge on any atom is -0.508 e. The number of ether oxygens (including phenoxy) is 1. The molecule has 5 heterocycles. The molecule has 3 atom stereocenters. The molecule has 8 rings (SSSR count). The third-order valence-electron chi connectivity index (χ3n) is 10.6.